The quantitative estimate of drug-likeness (QED) is 0.907. The van der Waals surface area contributed by atoms with E-state index in [0.29, 0.717) is 6.04 Å². The summed E-state index contributed by atoms with van der Waals surface area (Å²) < 4.78 is 0. The summed E-state index contributed by atoms with van der Waals surface area (Å²) in [6.45, 7) is 6.60. The molecule has 0 radical (unpaired) electrons. The number of hydrogen-bond donors (Lipinski definition) is 1. The number of hydrogen-bond acceptors (Lipinski definition) is 3. The summed E-state index contributed by atoms with van der Waals surface area (Å²) in [5.41, 5.74) is 1.20. The molecular weight excluding hydrogens is 234 g/mol. The Balaban J connectivity index is 2.14. The number of rotatable bonds is 3. The SMILES string of the molecule is CC(C)Nc1cccc2ccnc(N3CCCC3)c12. The Kier molecular flexibility index (Phi) is 3.28. The molecule has 19 heavy (non-hydrogen) atoms. The molecule has 1 fully saturated rings. The number of benzene rings is 1. The van der Waals surface area contributed by atoms with Crippen LogP contribution in [0.15, 0.2) is 30.5 Å². The van der Waals surface area contributed by atoms with Crippen LogP contribution in [0.3, 0.4) is 0 Å². The fourth-order valence-corrected chi connectivity index (χ4v) is 2.81. The lowest BCUT2D eigenvalue weighted by Gasteiger charge is -2.21. The second-order valence-electron chi connectivity index (χ2n) is 5.53. The minimum atomic E-state index is 0.428. The molecule has 0 amide bonds. The normalized spacial score (nSPS) is 15.4. The maximum atomic E-state index is 4.64. The van der Waals surface area contributed by atoms with Crippen LogP contribution < -0.4 is 10.2 Å². The summed E-state index contributed by atoms with van der Waals surface area (Å²) >= 11 is 0. The molecular formula is C16H21N3. The van der Waals surface area contributed by atoms with E-state index in [1.54, 1.807) is 0 Å². The van der Waals surface area contributed by atoms with Gasteiger partial charge < -0.3 is 10.2 Å². The number of nitrogens with zero attached hydrogens (tertiary/aromatic N) is 2. The topological polar surface area (TPSA) is 28.2 Å². The van der Waals surface area contributed by atoms with Gasteiger partial charge in [0.05, 0.1) is 0 Å². The number of nitrogens with one attached hydrogen (secondary N) is 1. The molecule has 0 spiro atoms. The molecule has 1 aromatic carbocycles. The lowest BCUT2D eigenvalue weighted by Crippen LogP contribution is -2.20. The van der Waals surface area contributed by atoms with E-state index in [4.69, 9.17) is 0 Å². The van der Waals surface area contributed by atoms with Crippen LogP contribution in [0, 0.1) is 0 Å². The van der Waals surface area contributed by atoms with E-state index in [1.165, 1.54) is 29.3 Å². The van der Waals surface area contributed by atoms with Crippen molar-refractivity contribution in [2.75, 3.05) is 23.3 Å². The van der Waals surface area contributed by atoms with Crippen molar-refractivity contribution in [1.82, 2.24) is 4.98 Å². The summed E-state index contributed by atoms with van der Waals surface area (Å²) in [5, 5.41) is 6.08. The van der Waals surface area contributed by atoms with Gasteiger partial charge >= 0.3 is 0 Å². The van der Waals surface area contributed by atoms with Crippen molar-refractivity contribution in [3.63, 3.8) is 0 Å². The first-order chi connectivity index (χ1) is 9.25. The van der Waals surface area contributed by atoms with Crippen molar-refractivity contribution >= 4 is 22.3 Å². The van der Waals surface area contributed by atoms with Gasteiger partial charge in [-0.3, -0.25) is 0 Å². The summed E-state index contributed by atoms with van der Waals surface area (Å²) in [5.74, 6) is 1.14. The lowest BCUT2D eigenvalue weighted by atomic mass is 10.1. The molecule has 0 aliphatic carbocycles. The average molecular weight is 255 g/mol. The molecule has 100 valence electrons. The molecule has 1 aliphatic rings. The van der Waals surface area contributed by atoms with E-state index >= 15 is 0 Å². The fourth-order valence-electron chi connectivity index (χ4n) is 2.81. The third kappa shape index (κ3) is 2.37. The van der Waals surface area contributed by atoms with E-state index in [9.17, 15) is 0 Å². The molecule has 2 aromatic rings. The first kappa shape index (κ1) is 12.3. The van der Waals surface area contributed by atoms with Gasteiger partial charge in [0.2, 0.25) is 0 Å². The molecule has 0 saturated carbocycles. The standard InChI is InChI=1S/C16H21N3/c1-12(2)18-14-7-5-6-13-8-9-17-16(15(13)14)19-10-3-4-11-19/h5-9,12,18H,3-4,10-11H2,1-2H3. The molecule has 1 aromatic heterocycles. The summed E-state index contributed by atoms with van der Waals surface area (Å²) in [6, 6.07) is 8.96. The van der Waals surface area contributed by atoms with Crippen molar-refractivity contribution in [2.45, 2.75) is 32.7 Å². The maximum absolute atomic E-state index is 4.64. The smallest absolute Gasteiger partial charge is 0.138 e. The minimum absolute atomic E-state index is 0.428. The predicted octanol–water partition coefficient (Wildman–Crippen LogP) is 3.66. The van der Waals surface area contributed by atoms with Crippen LogP contribution in [0.2, 0.25) is 0 Å². The van der Waals surface area contributed by atoms with Crippen molar-refractivity contribution in [3.8, 4) is 0 Å². The summed E-state index contributed by atoms with van der Waals surface area (Å²) in [4.78, 5) is 7.05. The van der Waals surface area contributed by atoms with Crippen LogP contribution in [-0.2, 0) is 0 Å². The van der Waals surface area contributed by atoms with Crippen LogP contribution in [0.1, 0.15) is 26.7 Å². The van der Waals surface area contributed by atoms with Gasteiger partial charge in [-0.05, 0) is 44.2 Å². The van der Waals surface area contributed by atoms with Crippen LogP contribution >= 0.6 is 0 Å². The van der Waals surface area contributed by atoms with Crippen molar-refractivity contribution in [3.05, 3.63) is 30.5 Å². The lowest BCUT2D eigenvalue weighted by molar-refractivity contribution is 0.900. The van der Waals surface area contributed by atoms with Crippen LogP contribution in [0.25, 0.3) is 10.8 Å². The van der Waals surface area contributed by atoms with Gasteiger partial charge in [0.1, 0.15) is 5.82 Å². The van der Waals surface area contributed by atoms with Gasteiger partial charge in [0.25, 0.3) is 0 Å². The van der Waals surface area contributed by atoms with Crippen molar-refractivity contribution in [2.24, 2.45) is 0 Å². The molecule has 1 aliphatic heterocycles. The highest BCUT2D eigenvalue weighted by atomic mass is 15.2. The number of anilines is 2. The molecule has 3 nitrogen and oxygen atoms in total. The molecule has 1 N–H and O–H groups in total. The minimum Gasteiger partial charge on any atom is -0.382 e. The van der Waals surface area contributed by atoms with Gasteiger partial charge in [0, 0.05) is 36.4 Å². The first-order valence-electron chi connectivity index (χ1n) is 7.15. The van der Waals surface area contributed by atoms with Gasteiger partial charge in [0.15, 0.2) is 0 Å². The highest BCUT2D eigenvalue weighted by molar-refractivity contribution is 6.02. The zero-order valence-corrected chi connectivity index (χ0v) is 11.7. The summed E-state index contributed by atoms with van der Waals surface area (Å²) in [6.07, 6.45) is 4.48. The Morgan fingerprint density at radius 1 is 1.16 bits per heavy atom. The van der Waals surface area contributed by atoms with Crippen molar-refractivity contribution < 1.29 is 0 Å². The fraction of sp³-hybridized carbons (Fsp3) is 0.438. The number of fused-ring (bicyclic) bond motifs is 1. The Hall–Kier alpha value is -1.77. The molecule has 1 saturated heterocycles. The van der Waals surface area contributed by atoms with Gasteiger partial charge in [-0.15, -0.1) is 0 Å². The largest absolute Gasteiger partial charge is 0.382 e. The third-order valence-electron chi connectivity index (χ3n) is 3.62. The number of pyridine rings is 1. The van der Waals surface area contributed by atoms with E-state index in [0.717, 1.165) is 18.9 Å². The number of aromatic nitrogens is 1. The third-order valence-corrected chi connectivity index (χ3v) is 3.62. The van der Waals surface area contributed by atoms with Gasteiger partial charge in [-0.25, -0.2) is 4.98 Å². The molecule has 3 heteroatoms. The monoisotopic (exact) mass is 255 g/mol. The van der Waals surface area contributed by atoms with E-state index in [1.807, 2.05) is 6.20 Å². The second kappa shape index (κ2) is 5.08. The Bertz CT molecular complexity index is 566. The Labute approximate surface area is 114 Å². The summed E-state index contributed by atoms with van der Waals surface area (Å²) in [7, 11) is 0. The Morgan fingerprint density at radius 3 is 2.68 bits per heavy atom. The molecule has 0 unspecified atom stereocenters. The Morgan fingerprint density at radius 2 is 1.95 bits per heavy atom. The van der Waals surface area contributed by atoms with Crippen LogP contribution in [-0.4, -0.2) is 24.1 Å². The predicted molar refractivity (Wildman–Crippen MR) is 81.9 cm³/mol. The first-order valence-corrected chi connectivity index (χ1v) is 7.15. The van der Waals surface area contributed by atoms with Crippen LogP contribution in [0.5, 0.6) is 0 Å². The van der Waals surface area contributed by atoms with Crippen molar-refractivity contribution in [1.29, 1.82) is 0 Å². The highest BCUT2D eigenvalue weighted by Crippen LogP contribution is 2.33. The molecule has 3 rings (SSSR count). The van der Waals surface area contributed by atoms with Crippen LogP contribution in [0.4, 0.5) is 11.5 Å². The molecule has 2 heterocycles. The van der Waals surface area contributed by atoms with E-state index in [-0.39, 0.29) is 0 Å². The second-order valence-corrected chi connectivity index (χ2v) is 5.53. The van der Waals surface area contributed by atoms with E-state index in [2.05, 4.69) is 53.3 Å². The maximum Gasteiger partial charge on any atom is 0.138 e. The zero-order valence-electron chi connectivity index (χ0n) is 11.7. The molecule has 0 bridgehead atoms. The highest BCUT2D eigenvalue weighted by Gasteiger charge is 2.17. The van der Waals surface area contributed by atoms with Gasteiger partial charge in [-0.1, -0.05) is 12.1 Å². The average Bonchev–Trinajstić information content (AvgIpc) is 2.91. The molecule has 0 atom stereocenters. The zero-order chi connectivity index (χ0) is 13.2. The van der Waals surface area contributed by atoms with E-state index < -0.39 is 0 Å². The van der Waals surface area contributed by atoms with Gasteiger partial charge in [-0.2, -0.15) is 0 Å².